The largest absolute Gasteiger partial charge is 0.376 e. The van der Waals surface area contributed by atoms with E-state index in [0.717, 1.165) is 22.0 Å². The van der Waals surface area contributed by atoms with E-state index in [1.54, 1.807) is 0 Å². The molecule has 0 bridgehead atoms. The van der Waals surface area contributed by atoms with Crippen LogP contribution in [0.4, 0.5) is 0 Å². The number of hydrogen-bond acceptors (Lipinski definition) is 1. The molecule has 0 N–H and O–H groups in total. The SMILES string of the molecule is Clc1ccc(CCOCc2ccc(Cl)cc2)cc1. The molecule has 0 radical (unpaired) electrons. The van der Waals surface area contributed by atoms with Gasteiger partial charge in [0, 0.05) is 10.0 Å². The first-order chi connectivity index (χ1) is 8.74. The molecule has 1 nitrogen and oxygen atoms in total. The smallest absolute Gasteiger partial charge is 0.0717 e. The Morgan fingerprint density at radius 3 is 1.78 bits per heavy atom. The quantitative estimate of drug-likeness (QED) is 0.718. The van der Waals surface area contributed by atoms with E-state index in [-0.39, 0.29) is 0 Å². The van der Waals surface area contributed by atoms with E-state index in [1.807, 2.05) is 48.5 Å². The van der Waals surface area contributed by atoms with E-state index in [4.69, 9.17) is 27.9 Å². The zero-order valence-electron chi connectivity index (χ0n) is 9.90. The second-order valence-electron chi connectivity index (χ2n) is 4.06. The lowest BCUT2D eigenvalue weighted by atomic mass is 10.2. The van der Waals surface area contributed by atoms with Crippen molar-refractivity contribution in [1.82, 2.24) is 0 Å². The molecule has 0 fully saturated rings. The first-order valence-electron chi connectivity index (χ1n) is 5.81. The highest BCUT2D eigenvalue weighted by atomic mass is 35.5. The van der Waals surface area contributed by atoms with Crippen molar-refractivity contribution in [3.8, 4) is 0 Å². The van der Waals surface area contributed by atoms with E-state index >= 15 is 0 Å². The van der Waals surface area contributed by atoms with Gasteiger partial charge in [-0.3, -0.25) is 0 Å². The van der Waals surface area contributed by atoms with Gasteiger partial charge in [0.15, 0.2) is 0 Å². The van der Waals surface area contributed by atoms with E-state index in [2.05, 4.69) is 0 Å². The molecule has 18 heavy (non-hydrogen) atoms. The Bertz CT molecular complexity index is 429. The topological polar surface area (TPSA) is 9.23 Å². The zero-order chi connectivity index (χ0) is 12.8. The monoisotopic (exact) mass is 280 g/mol. The molecule has 0 aliphatic carbocycles. The summed E-state index contributed by atoms with van der Waals surface area (Å²) in [6.45, 7) is 1.31. The fourth-order valence-electron chi connectivity index (χ4n) is 1.61. The van der Waals surface area contributed by atoms with E-state index < -0.39 is 0 Å². The number of benzene rings is 2. The summed E-state index contributed by atoms with van der Waals surface area (Å²) < 4.78 is 5.62. The van der Waals surface area contributed by atoms with Crippen LogP contribution in [0, 0.1) is 0 Å². The molecule has 2 aromatic rings. The summed E-state index contributed by atoms with van der Waals surface area (Å²) in [6, 6.07) is 15.5. The molecular formula is C15H14Cl2O. The Labute approximate surface area is 117 Å². The Kier molecular flexibility index (Phi) is 5.06. The van der Waals surface area contributed by atoms with Gasteiger partial charge in [0.05, 0.1) is 13.2 Å². The minimum absolute atomic E-state index is 0.616. The van der Waals surface area contributed by atoms with Gasteiger partial charge in [0.2, 0.25) is 0 Å². The lowest BCUT2D eigenvalue weighted by Gasteiger charge is -2.05. The lowest BCUT2D eigenvalue weighted by molar-refractivity contribution is 0.124. The standard InChI is InChI=1S/C15H14Cl2O/c16-14-5-1-12(2-6-14)9-10-18-11-13-3-7-15(17)8-4-13/h1-8H,9-11H2. The average molecular weight is 281 g/mol. The molecule has 3 heteroatoms. The molecular weight excluding hydrogens is 267 g/mol. The van der Waals surface area contributed by atoms with Crippen molar-refractivity contribution < 1.29 is 4.74 Å². The third-order valence-corrected chi connectivity index (χ3v) is 3.13. The summed E-state index contributed by atoms with van der Waals surface area (Å²) in [5.74, 6) is 0. The average Bonchev–Trinajstić information content (AvgIpc) is 2.39. The van der Waals surface area contributed by atoms with Crippen LogP contribution < -0.4 is 0 Å². The molecule has 0 heterocycles. The number of ether oxygens (including phenoxy) is 1. The molecule has 0 amide bonds. The van der Waals surface area contributed by atoms with Crippen LogP contribution in [0.1, 0.15) is 11.1 Å². The second-order valence-corrected chi connectivity index (χ2v) is 4.93. The Balaban J connectivity index is 1.73. The van der Waals surface area contributed by atoms with Gasteiger partial charge < -0.3 is 4.74 Å². The van der Waals surface area contributed by atoms with Gasteiger partial charge in [-0.2, -0.15) is 0 Å². The number of halogens is 2. The van der Waals surface area contributed by atoms with Gasteiger partial charge in [0.25, 0.3) is 0 Å². The lowest BCUT2D eigenvalue weighted by Crippen LogP contribution is -1.98. The van der Waals surface area contributed by atoms with Crippen LogP contribution >= 0.6 is 23.2 Å². The first-order valence-corrected chi connectivity index (χ1v) is 6.56. The van der Waals surface area contributed by atoms with Crippen molar-refractivity contribution in [2.45, 2.75) is 13.0 Å². The highest BCUT2D eigenvalue weighted by Crippen LogP contribution is 2.12. The zero-order valence-corrected chi connectivity index (χ0v) is 11.4. The van der Waals surface area contributed by atoms with Crippen LogP contribution in [0.15, 0.2) is 48.5 Å². The van der Waals surface area contributed by atoms with Gasteiger partial charge in [-0.1, -0.05) is 47.5 Å². The summed E-state index contributed by atoms with van der Waals surface area (Å²) in [5.41, 5.74) is 2.37. The number of hydrogen-bond donors (Lipinski definition) is 0. The van der Waals surface area contributed by atoms with Gasteiger partial charge in [-0.15, -0.1) is 0 Å². The minimum Gasteiger partial charge on any atom is -0.376 e. The predicted octanol–water partition coefficient (Wildman–Crippen LogP) is 4.75. The molecule has 0 spiro atoms. The van der Waals surface area contributed by atoms with Crippen molar-refractivity contribution in [2.75, 3.05) is 6.61 Å². The van der Waals surface area contributed by atoms with Crippen molar-refractivity contribution in [2.24, 2.45) is 0 Å². The molecule has 0 unspecified atom stereocenters. The van der Waals surface area contributed by atoms with Crippen molar-refractivity contribution in [3.05, 3.63) is 69.7 Å². The molecule has 0 aliphatic rings. The van der Waals surface area contributed by atoms with Gasteiger partial charge in [0.1, 0.15) is 0 Å². The van der Waals surface area contributed by atoms with Gasteiger partial charge in [-0.25, -0.2) is 0 Å². The van der Waals surface area contributed by atoms with Crippen LogP contribution in [-0.2, 0) is 17.8 Å². The molecule has 0 aromatic heterocycles. The fraction of sp³-hybridized carbons (Fsp3) is 0.200. The highest BCUT2D eigenvalue weighted by Gasteiger charge is 1.96. The maximum Gasteiger partial charge on any atom is 0.0717 e. The predicted molar refractivity (Wildman–Crippen MR) is 76.3 cm³/mol. The molecule has 0 atom stereocenters. The summed E-state index contributed by atoms with van der Waals surface area (Å²) in [4.78, 5) is 0. The third kappa shape index (κ3) is 4.34. The van der Waals surface area contributed by atoms with Crippen LogP contribution in [0.3, 0.4) is 0 Å². The van der Waals surface area contributed by atoms with Crippen molar-refractivity contribution in [3.63, 3.8) is 0 Å². The van der Waals surface area contributed by atoms with Crippen molar-refractivity contribution in [1.29, 1.82) is 0 Å². The van der Waals surface area contributed by atoms with Crippen LogP contribution in [0.2, 0.25) is 10.0 Å². The molecule has 0 saturated heterocycles. The van der Waals surface area contributed by atoms with E-state index in [9.17, 15) is 0 Å². The molecule has 2 aromatic carbocycles. The van der Waals surface area contributed by atoms with Crippen LogP contribution in [0.25, 0.3) is 0 Å². The van der Waals surface area contributed by atoms with E-state index in [0.29, 0.717) is 13.2 Å². The first kappa shape index (κ1) is 13.4. The normalized spacial score (nSPS) is 10.6. The maximum absolute atomic E-state index is 5.82. The Hall–Kier alpha value is -1.02. The van der Waals surface area contributed by atoms with Crippen molar-refractivity contribution >= 4 is 23.2 Å². The van der Waals surface area contributed by atoms with Gasteiger partial charge >= 0.3 is 0 Å². The molecule has 94 valence electrons. The van der Waals surface area contributed by atoms with Crippen LogP contribution in [-0.4, -0.2) is 6.61 Å². The summed E-state index contributed by atoms with van der Waals surface area (Å²) >= 11 is 11.6. The fourth-order valence-corrected chi connectivity index (χ4v) is 1.86. The van der Waals surface area contributed by atoms with E-state index in [1.165, 1.54) is 5.56 Å². The Morgan fingerprint density at radius 2 is 1.22 bits per heavy atom. The summed E-state index contributed by atoms with van der Waals surface area (Å²) in [7, 11) is 0. The summed E-state index contributed by atoms with van der Waals surface area (Å²) in [5, 5.41) is 1.51. The third-order valence-electron chi connectivity index (χ3n) is 2.63. The highest BCUT2D eigenvalue weighted by molar-refractivity contribution is 6.30. The summed E-state index contributed by atoms with van der Waals surface area (Å²) in [6.07, 6.45) is 0.894. The Morgan fingerprint density at radius 1 is 0.722 bits per heavy atom. The minimum atomic E-state index is 0.616. The van der Waals surface area contributed by atoms with Crippen LogP contribution in [0.5, 0.6) is 0 Å². The number of rotatable bonds is 5. The molecule has 0 aliphatic heterocycles. The molecule has 2 rings (SSSR count). The van der Waals surface area contributed by atoms with Gasteiger partial charge in [-0.05, 0) is 41.8 Å². The maximum atomic E-state index is 5.82. The second kappa shape index (κ2) is 6.79. The molecule has 0 saturated carbocycles.